The first-order valence-electron chi connectivity index (χ1n) is 14.4. The molecule has 12 heteroatoms. The van der Waals surface area contributed by atoms with E-state index in [1.165, 1.54) is 11.3 Å². The minimum atomic E-state index is -3.24. The Labute approximate surface area is 277 Å². The van der Waals surface area contributed by atoms with Crippen molar-refractivity contribution in [1.82, 2.24) is 15.4 Å². The molecule has 2 heterocycles. The number of benzene rings is 3. The molecule has 5 rings (SSSR count). The second-order valence-corrected chi connectivity index (χ2v) is 14.6. The van der Waals surface area contributed by atoms with E-state index in [4.69, 9.17) is 27.9 Å². The molecule has 1 aliphatic heterocycles. The molecule has 4 aromatic rings. The zero-order valence-electron chi connectivity index (χ0n) is 24.6. The molecule has 0 spiro atoms. The number of ether oxygens (including phenoxy) is 1. The molecule has 8 nitrogen and oxygen atoms in total. The summed E-state index contributed by atoms with van der Waals surface area (Å²) in [5.41, 5.74) is 2.36. The third kappa shape index (κ3) is 8.13. The molecule has 1 fully saturated rings. The van der Waals surface area contributed by atoms with Crippen LogP contribution in [-0.4, -0.2) is 52.7 Å². The predicted molar refractivity (Wildman–Crippen MR) is 181 cm³/mol. The Kier molecular flexibility index (Phi) is 10.6. The van der Waals surface area contributed by atoms with Gasteiger partial charge in [-0.3, -0.25) is 14.9 Å². The summed E-state index contributed by atoms with van der Waals surface area (Å²) in [6, 6.07) is 24.0. The molecule has 0 bridgehead atoms. The molecule has 2 amide bonds. The van der Waals surface area contributed by atoms with Gasteiger partial charge in [0, 0.05) is 32.6 Å². The summed E-state index contributed by atoms with van der Waals surface area (Å²) in [4.78, 5) is 28.6. The van der Waals surface area contributed by atoms with Gasteiger partial charge in [0.05, 0.1) is 23.2 Å². The van der Waals surface area contributed by atoms with Crippen molar-refractivity contribution in [2.45, 2.75) is 24.7 Å². The third-order valence-corrected chi connectivity index (χ3v) is 10.2. The number of amides is 2. The monoisotopic (exact) mass is 685 g/mol. The number of carbonyl (C=O) groups excluding carboxylic acids is 2. The maximum atomic E-state index is 13.8. The van der Waals surface area contributed by atoms with Crippen LogP contribution in [0, 0.1) is 0 Å². The van der Waals surface area contributed by atoms with Gasteiger partial charge >= 0.3 is 0 Å². The summed E-state index contributed by atoms with van der Waals surface area (Å²) in [7, 11) is -3.24. The SMILES string of the molecule is CS(=O)(=O)NCCCOc1ccc(-c2sc(C(=O)NC(=O)C3(c4ccccc4)CCNCC3)cc2-c2ccc(Cl)cc2Cl)cc1. The lowest BCUT2D eigenvalue weighted by molar-refractivity contribution is -0.126. The first-order valence-corrected chi connectivity index (χ1v) is 17.9. The second kappa shape index (κ2) is 14.5. The number of sulfonamides is 1. The molecule has 236 valence electrons. The maximum Gasteiger partial charge on any atom is 0.267 e. The van der Waals surface area contributed by atoms with Crippen LogP contribution in [0.2, 0.25) is 10.0 Å². The van der Waals surface area contributed by atoms with Crippen molar-refractivity contribution in [1.29, 1.82) is 0 Å². The van der Waals surface area contributed by atoms with E-state index in [9.17, 15) is 18.0 Å². The van der Waals surface area contributed by atoms with Crippen molar-refractivity contribution in [2.75, 3.05) is 32.5 Å². The van der Waals surface area contributed by atoms with Gasteiger partial charge in [0.15, 0.2) is 0 Å². The van der Waals surface area contributed by atoms with Gasteiger partial charge in [-0.1, -0.05) is 59.6 Å². The highest BCUT2D eigenvalue weighted by Gasteiger charge is 2.42. The van der Waals surface area contributed by atoms with Crippen molar-refractivity contribution in [3.63, 3.8) is 0 Å². The summed E-state index contributed by atoms with van der Waals surface area (Å²) in [6.07, 6.45) is 2.80. The molecule has 0 unspecified atom stereocenters. The van der Waals surface area contributed by atoms with Gasteiger partial charge in [-0.15, -0.1) is 11.3 Å². The minimum Gasteiger partial charge on any atom is -0.494 e. The van der Waals surface area contributed by atoms with Crippen LogP contribution in [-0.2, 0) is 20.2 Å². The number of thiophene rings is 1. The largest absolute Gasteiger partial charge is 0.494 e. The maximum absolute atomic E-state index is 13.8. The van der Waals surface area contributed by atoms with E-state index in [-0.39, 0.29) is 12.5 Å². The number of nitrogens with one attached hydrogen (secondary N) is 3. The zero-order valence-corrected chi connectivity index (χ0v) is 27.7. The Morgan fingerprint density at radius 1 is 0.956 bits per heavy atom. The number of halogens is 2. The van der Waals surface area contributed by atoms with Gasteiger partial charge in [0.2, 0.25) is 15.9 Å². The molecule has 1 aromatic heterocycles. The highest BCUT2D eigenvalue weighted by molar-refractivity contribution is 7.88. The van der Waals surface area contributed by atoms with E-state index in [0.717, 1.165) is 27.8 Å². The van der Waals surface area contributed by atoms with Crippen LogP contribution in [0.1, 0.15) is 34.5 Å². The Morgan fingerprint density at radius 2 is 1.67 bits per heavy atom. The van der Waals surface area contributed by atoms with Crippen LogP contribution in [0.25, 0.3) is 21.6 Å². The van der Waals surface area contributed by atoms with Gasteiger partial charge in [0.25, 0.3) is 5.91 Å². The average molecular weight is 687 g/mol. The predicted octanol–water partition coefficient (Wildman–Crippen LogP) is 6.28. The first-order chi connectivity index (χ1) is 21.6. The number of carbonyl (C=O) groups is 2. The fourth-order valence-corrected chi connectivity index (χ4v) is 7.49. The Balaban J connectivity index is 1.40. The van der Waals surface area contributed by atoms with Crippen LogP contribution >= 0.6 is 34.5 Å². The molecule has 0 aliphatic carbocycles. The minimum absolute atomic E-state index is 0.286. The molecule has 0 radical (unpaired) electrons. The van der Waals surface area contributed by atoms with Crippen LogP contribution in [0.15, 0.2) is 78.9 Å². The zero-order chi connectivity index (χ0) is 32.0. The van der Waals surface area contributed by atoms with Gasteiger partial charge in [-0.25, -0.2) is 13.1 Å². The van der Waals surface area contributed by atoms with Crippen molar-refractivity contribution >= 4 is 56.4 Å². The summed E-state index contributed by atoms with van der Waals surface area (Å²) >= 11 is 14.1. The molecule has 1 saturated heterocycles. The molecule has 0 saturated carbocycles. The molecule has 3 N–H and O–H groups in total. The lowest BCUT2D eigenvalue weighted by Crippen LogP contribution is -2.52. The molecule has 3 aromatic carbocycles. The summed E-state index contributed by atoms with van der Waals surface area (Å²) in [5.74, 6) is -0.161. The molecule has 0 atom stereocenters. The van der Waals surface area contributed by atoms with E-state index >= 15 is 0 Å². The standard InChI is InChI=1S/C33H33Cl2N3O5S2/c1-45(41,42)37-16-5-19-43-25-11-8-22(9-12-25)30-27(26-13-10-24(34)20-28(26)35)21-29(44-30)31(39)38-32(40)33(14-17-36-18-15-33)23-6-3-2-4-7-23/h2-4,6-13,20-21,36-37H,5,14-19H2,1H3,(H,38,39,40). The number of hydrogen-bond donors (Lipinski definition) is 3. The van der Waals surface area contributed by atoms with Gasteiger partial charge in [-0.05, 0) is 85.9 Å². The van der Waals surface area contributed by atoms with E-state index < -0.39 is 21.3 Å². The highest BCUT2D eigenvalue weighted by atomic mass is 35.5. The fourth-order valence-electron chi connectivity index (χ4n) is 5.39. The number of hydrogen-bond acceptors (Lipinski definition) is 7. The highest BCUT2D eigenvalue weighted by Crippen LogP contribution is 2.43. The van der Waals surface area contributed by atoms with Crippen molar-refractivity contribution in [2.24, 2.45) is 0 Å². The van der Waals surface area contributed by atoms with Gasteiger partial charge in [0.1, 0.15) is 5.75 Å². The smallest absolute Gasteiger partial charge is 0.267 e. The number of piperidine rings is 1. The Bertz CT molecular complexity index is 1770. The van der Waals surface area contributed by atoms with E-state index in [1.54, 1.807) is 18.2 Å². The van der Waals surface area contributed by atoms with Crippen molar-refractivity contribution in [3.8, 4) is 27.3 Å². The van der Waals surface area contributed by atoms with E-state index in [1.807, 2.05) is 60.7 Å². The number of imide groups is 1. The molecule has 1 aliphatic rings. The fraction of sp³-hybridized carbons (Fsp3) is 0.273. The lowest BCUT2D eigenvalue weighted by Gasteiger charge is -2.36. The lowest BCUT2D eigenvalue weighted by atomic mass is 9.72. The van der Waals surface area contributed by atoms with Gasteiger partial charge < -0.3 is 10.1 Å². The van der Waals surface area contributed by atoms with Crippen LogP contribution < -0.4 is 20.1 Å². The van der Waals surface area contributed by atoms with Crippen molar-refractivity contribution in [3.05, 3.63) is 99.3 Å². The van der Waals surface area contributed by atoms with E-state index in [0.29, 0.717) is 65.2 Å². The molecular weight excluding hydrogens is 653 g/mol. The summed E-state index contributed by atoms with van der Waals surface area (Å²) in [5, 5.41) is 6.95. The number of rotatable bonds is 11. The van der Waals surface area contributed by atoms with E-state index in [2.05, 4.69) is 15.4 Å². The first kappa shape index (κ1) is 33.1. The normalized spacial score (nSPS) is 14.6. The summed E-state index contributed by atoms with van der Waals surface area (Å²) in [6.45, 7) is 1.98. The van der Waals surface area contributed by atoms with Crippen molar-refractivity contribution < 1.29 is 22.7 Å². The third-order valence-electron chi connectivity index (χ3n) is 7.69. The quantitative estimate of drug-likeness (QED) is 0.126. The van der Waals surface area contributed by atoms with Crippen LogP contribution in [0.5, 0.6) is 5.75 Å². The second-order valence-electron chi connectivity index (χ2n) is 10.9. The molecule has 45 heavy (non-hydrogen) atoms. The van der Waals surface area contributed by atoms with Crippen LogP contribution in [0.4, 0.5) is 0 Å². The Morgan fingerprint density at radius 3 is 2.33 bits per heavy atom. The topological polar surface area (TPSA) is 114 Å². The average Bonchev–Trinajstić information content (AvgIpc) is 3.47. The molecular formula is C33H33Cl2N3O5S2. The summed E-state index contributed by atoms with van der Waals surface area (Å²) < 4.78 is 30.7. The Hall–Kier alpha value is -3.25. The van der Waals surface area contributed by atoms with Crippen LogP contribution in [0.3, 0.4) is 0 Å². The van der Waals surface area contributed by atoms with Gasteiger partial charge in [-0.2, -0.15) is 0 Å².